The van der Waals surface area contributed by atoms with Crippen LogP contribution in [0.15, 0.2) is 60.7 Å². The van der Waals surface area contributed by atoms with Crippen LogP contribution in [0.1, 0.15) is 11.1 Å². The van der Waals surface area contributed by atoms with Gasteiger partial charge in [0.2, 0.25) is 5.91 Å². The summed E-state index contributed by atoms with van der Waals surface area (Å²) in [6.07, 6.45) is 1.23. The summed E-state index contributed by atoms with van der Waals surface area (Å²) in [5.41, 5.74) is 2.24. The summed E-state index contributed by atoms with van der Waals surface area (Å²) in [6.45, 7) is 0. The predicted octanol–water partition coefficient (Wildman–Crippen LogP) is 2.89. The molecule has 0 aliphatic heterocycles. The number of amides is 1. The number of carbonyl (C=O) groups excluding carboxylic acids is 1. The topological polar surface area (TPSA) is 29.1 Å². The largest absolute Gasteiger partial charge is 0.352 e. The molecule has 0 bridgehead atoms. The molecule has 2 nitrogen and oxygen atoms in total. The number of rotatable bonds is 6. The fraction of sp³-hybridized carbons (Fsp3) is 0.235. The van der Waals surface area contributed by atoms with Crippen LogP contribution >= 0.6 is 12.6 Å². The molecule has 0 heterocycles. The van der Waals surface area contributed by atoms with Crippen molar-refractivity contribution in [2.45, 2.75) is 18.9 Å². The van der Waals surface area contributed by atoms with Crippen LogP contribution in [0.3, 0.4) is 0 Å². The number of hydrogen-bond donors (Lipinski definition) is 2. The first-order valence-electron chi connectivity index (χ1n) is 6.76. The Labute approximate surface area is 125 Å². The number of nitrogens with one attached hydrogen (secondary N) is 1. The first-order chi connectivity index (χ1) is 9.78. The van der Waals surface area contributed by atoms with Crippen LogP contribution in [-0.2, 0) is 17.6 Å². The lowest BCUT2D eigenvalue weighted by atomic mass is 10.1. The van der Waals surface area contributed by atoms with E-state index in [1.807, 2.05) is 48.5 Å². The molecular formula is C17H19NOS. The highest BCUT2D eigenvalue weighted by Gasteiger charge is 2.11. The molecule has 2 aromatic carbocycles. The molecule has 3 heteroatoms. The minimum atomic E-state index is 0.0474. The Hall–Kier alpha value is -1.74. The van der Waals surface area contributed by atoms with Gasteiger partial charge in [0, 0.05) is 11.8 Å². The third kappa shape index (κ3) is 4.74. The minimum absolute atomic E-state index is 0.0474. The quantitative estimate of drug-likeness (QED) is 0.785. The maximum absolute atomic E-state index is 12.0. The van der Waals surface area contributed by atoms with Gasteiger partial charge in [0.25, 0.3) is 0 Å². The molecule has 0 saturated carbocycles. The summed E-state index contributed by atoms with van der Waals surface area (Å²) in [7, 11) is 0. The molecule has 0 fully saturated rings. The summed E-state index contributed by atoms with van der Waals surface area (Å²) < 4.78 is 0. The molecule has 1 N–H and O–H groups in total. The second-order valence-corrected chi connectivity index (χ2v) is 5.16. The van der Waals surface area contributed by atoms with Crippen molar-refractivity contribution >= 4 is 18.5 Å². The zero-order chi connectivity index (χ0) is 14.2. The summed E-state index contributed by atoms with van der Waals surface area (Å²) in [4.78, 5) is 12.0. The molecule has 2 aromatic rings. The second kappa shape index (κ2) is 7.75. The molecule has 0 aromatic heterocycles. The summed E-state index contributed by atoms with van der Waals surface area (Å²) in [5.74, 6) is 0.682. The van der Waals surface area contributed by atoms with Gasteiger partial charge < -0.3 is 5.32 Å². The monoisotopic (exact) mass is 285 g/mol. The standard InChI is InChI=1S/C17H19NOS/c19-17(12-15-9-5-2-6-10-15)18-16(13-20)11-14-7-3-1-4-8-14/h1-10,16,20H,11-13H2,(H,18,19)/t16-/m1/s1. The van der Waals surface area contributed by atoms with Crippen LogP contribution in [0, 0.1) is 0 Å². The van der Waals surface area contributed by atoms with E-state index in [1.54, 1.807) is 0 Å². The van der Waals surface area contributed by atoms with Crippen LogP contribution in [0.5, 0.6) is 0 Å². The summed E-state index contributed by atoms with van der Waals surface area (Å²) in [6, 6.07) is 20.0. The number of carbonyl (C=O) groups is 1. The van der Waals surface area contributed by atoms with Gasteiger partial charge in [0.05, 0.1) is 6.42 Å². The van der Waals surface area contributed by atoms with E-state index in [2.05, 4.69) is 30.1 Å². The smallest absolute Gasteiger partial charge is 0.224 e. The molecular weight excluding hydrogens is 266 g/mol. The van der Waals surface area contributed by atoms with E-state index in [-0.39, 0.29) is 11.9 Å². The molecule has 0 spiro atoms. The maximum atomic E-state index is 12.0. The van der Waals surface area contributed by atoms with E-state index in [0.29, 0.717) is 12.2 Å². The van der Waals surface area contributed by atoms with Gasteiger partial charge in [-0.05, 0) is 17.5 Å². The Kier molecular flexibility index (Phi) is 5.69. The molecule has 0 aliphatic rings. The van der Waals surface area contributed by atoms with Gasteiger partial charge >= 0.3 is 0 Å². The molecule has 20 heavy (non-hydrogen) atoms. The lowest BCUT2D eigenvalue weighted by Gasteiger charge is -2.16. The fourth-order valence-electron chi connectivity index (χ4n) is 2.12. The zero-order valence-electron chi connectivity index (χ0n) is 11.3. The Morgan fingerprint density at radius 1 is 0.950 bits per heavy atom. The average molecular weight is 285 g/mol. The second-order valence-electron chi connectivity index (χ2n) is 4.80. The fourth-order valence-corrected chi connectivity index (χ4v) is 2.34. The number of thiol groups is 1. The van der Waals surface area contributed by atoms with Crippen LogP contribution in [0.25, 0.3) is 0 Å². The first-order valence-corrected chi connectivity index (χ1v) is 7.39. The Balaban J connectivity index is 1.88. The van der Waals surface area contributed by atoms with E-state index in [9.17, 15) is 4.79 Å². The Morgan fingerprint density at radius 2 is 1.50 bits per heavy atom. The SMILES string of the molecule is O=C(Cc1ccccc1)N[C@@H](CS)Cc1ccccc1. The highest BCUT2D eigenvalue weighted by Crippen LogP contribution is 2.05. The van der Waals surface area contributed by atoms with Crippen molar-refractivity contribution in [2.24, 2.45) is 0 Å². The van der Waals surface area contributed by atoms with Gasteiger partial charge in [-0.3, -0.25) is 4.79 Å². The predicted molar refractivity (Wildman–Crippen MR) is 86.1 cm³/mol. The van der Waals surface area contributed by atoms with E-state index >= 15 is 0 Å². The van der Waals surface area contributed by atoms with Crippen molar-refractivity contribution in [3.05, 3.63) is 71.8 Å². The highest BCUT2D eigenvalue weighted by molar-refractivity contribution is 7.80. The molecule has 0 aliphatic carbocycles. The van der Waals surface area contributed by atoms with Gasteiger partial charge in [0.1, 0.15) is 0 Å². The molecule has 104 valence electrons. The number of benzene rings is 2. The summed E-state index contributed by atoms with van der Waals surface area (Å²) >= 11 is 4.33. The van der Waals surface area contributed by atoms with Crippen molar-refractivity contribution in [3.8, 4) is 0 Å². The van der Waals surface area contributed by atoms with Gasteiger partial charge in [-0.15, -0.1) is 0 Å². The van der Waals surface area contributed by atoms with Gasteiger partial charge in [-0.25, -0.2) is 0 Å². The molecule has 0 radical (unpaired) electrons. The maximum Gasteiger partial charge on any atom is 0.224 e. The molecule has 0 unspecified atom stereocenters. The van der Waals surface area contributed by atoms with Gasteiger partial charge in [0.15, 0.2) is 0 Å². The first kappa shape index (κ1) is 14.7. The Bertz CT molecular complexity index is 527. The normalized spacial score (nSPS) is 11.8. The molecule has 1 atom stereocenters. The Morgan fingerprint density at radius 3 is 2.05 bits per heavy atom. The molecule has 2 rings (SSSR count). The third-order valence-electron chi connectivity index (χ3n) is 3.12. The molecule has 1 amide bonds. The van der Waals surface area contributed by atoms with Crippen LogP contribution in [0.4, 0.5) is 0 Å². The van der Waals surface area contributed by atoms with Gasteiger partial charge in [-0.2, -0.15) is 12.6 Å². The van der Waals surface area contributed by atoms with E-state index < -0.39 is 0 Å². The van der Waals surface area contributed by atoms with E-state index in [4.69, 9.17) is 0 Å². The van der Waals surface area contributed by atoms with Gasteiger partial charge in [-0.1, -0.05) is 60.7 Å². The van der Waals surface area contributed by atoms with Crippen LogP contribution in [0.2, 0.25) is 0 Å². The average Bonchev–Trinajstić information content (AvgIpc) is 2.48. The summed E-state index contributed by atoms with van der Waals surface area (Å²) in [5, 5.41) is 3.05. The van der Waals surface area contributed by atoms with Crippen LogP contribution in [-0.4, -0.2) is 17.7 Å². The van der Waals surface area contributed by atoms with Crippen molar-refractivity contribution in [1.29, 1.82) is 0 Å². The molecule has 0 saturated heterocycles. The third-order valence-corrected chi connectivity index (χ3v) is 3.56. The number of hydrogen-bond acceptors (Lipinski definition) is 2. The lowest BCUT2D eigenvalue weighted by molar-refractivity contribution is -0.121. The van der Waals surface area contributed by atoms with Crippen molar-refractivity contribution < 1.29 is 4.79 Å². The minimum Gasteiger partial charge on any atom is -0.352 e. The zero-order valence-corrected chi connectivity index (χ0v) is 12.2. The van der Waals surface area contributed by atoms with Crippen molar-refractivity contribution in [2.75, 3.05) is 5.75 Å². The van der Waals surface area contributed by atoms with E-state index in [1.165, 1.54) is 5.56 Å². The van der Waals surface area contributed by atoms with Crippen molar-refractivity contribution in [1.82, 2.24) is 5.32 Å². The highest BCUT2D eigenvalue weighted by atomic mass is 32.1. The lowest BCUT2D eigenvalue weighted by Crippen LogP contribution is -2.38. The van der Waals surface area contributed by atoms with Crippen molar-refractivity contribution in [3.63, 3.8) is 0 Å². The van der Waals surface area contributed by atoms with Crippen LogP contribution < -0.4 is 5.32 Å². The van der Waals surface area contributed by atoms with E-state index in [0.717, 1.165) is 12.0 Å².